The third kappa shape index (κ3) is 51.6. The number of hydrogen-bond donors (Lipinski definition) is 0. The predicted molar refractivity (Wildman–Crippen MR) is 284 cm³/mol. The van der Waals surface area contributed by atoms with Gasteiger partial charge in [0, 0.05) is 19.3 Å². The topological polar surface area (TPSA) is 78.9 Å². The lowest BCUT2D eigenvalue weighted by Gasteiger charge is -2.18. The van der Waals surface area contributed by atoms with E-state index in [0.29, 0.717) is 19.3 Å². The van der Waals surface area contributed by atoms with Crippen LogP contribution in [0.1, 0.15) is 258 Å². The molecule has 1 atom stereocenters. The number of esters is 3. The molecule has 0 aromatic heterocycles. The monoisotopic (exact) mass is 919 g/mol. The average molecular weight is 919 g/mol. The largest absolute Gasteiger partial charge is 0.462 e. The zero-order chi connectivity index (χ0) is 47.9. The Kier molecular flexibility index (Phi) is 51.4. The SMILES string of the molecule is CC/C=C/C/C=C/C/C=C/C/C=C/C/C=C/CCCC(=O)OC(COC(=O)CC/C=C/C/C=C/CCCCCCCC)COC(=O)CCCCCCCCCCCCCCCCCCCC. The lowest BCUT2D eigenvalue weighted by Crippen LogP contribution is -2.30. The highest BCUT2D eigenvalue weighted by molar-refractivity contribution is 5.71. The Hall–Kier alpha value is -3.41. The van der Waals surface area contributed by atoms with E-state index in [9.17, 15) is 14.4 Å². The van der Waals surface area contributed by atoms with Gasteiger partial charge in [0.2, 0.25) is 0 Å². The molecule has 0 saturated heterocycles. The molecule has 0 aliphatic heterocycles. The van der Waals surface area contributed by atoms with E-state index < -0.39 is 6.10 Å². The molecule has 0 N–H and O–H groups in total. The first-order chi connectivity index (χ1) is 32.5. The normalized spacial score (nSPS) is 12.7. The number of carbonyl (C=O) groups is 3. The maximum Gasteiger partial charge on any atom is 0.306 e. The summed E-state index contributed by atoms with van der Waals surface area (Å²) in [6.07, 6.45) is 70.2. The van der Waals surface area contributed by atoms with Gasteiger partial charge in [-0.1, -0.05) is 247 Å². The van der Waals surface area contributed by atoms with Crippen LogP contribution in [0.2, 0.25) is 0 Å². The van der Waals surface area contributed by atoms with Gasteiger partial charge in [0.1, 0.15) is 13.2 Å². The fraction of sp³-hybridized carbons (Fsp3) is 0.717. The van der Waals surface area contributed by atoms with Gasteiger partial charge in [0.05, 0.1) is 0 Å². The molecule has 1 unspecified atom stereocenters. The molecule has 0 heterocycles. The van der Waals surface area contributed by atoms with Crippen LogP contribution < -0.4 is 0 Å². The van der Waals surface area contributed by atoms with Crippen molar-refractivity contribution >= 4 is 17.9 Å². The van der Waals surface area contributed by atoms with E-state index in [4.69, 9.17) is 14.2 Å². The Labute approximate surface area is 407 Å². The molecule has 0 aliphatic rings. The van der Waals surface area contributed by atoms with E-state index in [0.717, 1.165) is 70.6 Å². The summed E-state index contributed by atoms with van der Waals surface area (Å²) in [5, 5.41) is 0. The highest BCUT2D eigenvalue weighted by Crippen LogP contribution is 2.15. The second-order valence-electron chi connectivity index (χ2n) is 18.1. The van der Waals surface area contributed by atoms with Gasteiger partial charge in [0.15, 0.2) is 6.10 Å². The van der Waals surface area contributed by atoms with E-state index in [1.54, 1.807) is 0 Å². The summed E-state index contributed by atoms with van der Waals surface area (Å²) in [6.45, 7) is 6.43. The quantitative estimate of drug-likeness (QED) is 0.0262. The Morgan fingerprint density at radius 1 is 0.318 bits per heavy atom. The van der Waals surface area contributed by atoms with Crippen molar-refractivity contribution in [2.24, 2.45) is 0 Å². The van der Waals surface area contributed by atoms with Gasteiger partial charge in [-0.3, -0.25) is 14.4 Å². The number of hydrogen-bond acceptors (Lipinski definition) is 6. The molecule has 0 aromatic rings. The molecule has 378 valence electrons. The standard InChI is InChI=1S/C60H102O6/c1-4-7-10-13-16-19-22-25-27-29-31-32-35-38-41-44-47-50-53-59(62)65-56-57(55-64-58(61)52-49-46-43-40-37-34-24-21-18-15-12-9-6-3)66-60(63)54-51-48-45-42-39-36-33-30-28-26-23-20-17-14-11-8-5-2/h8,11,17,20,26,28,33-34,36-37,42-43,45-46,57H,4-7,9-10,12-16,18-19,21-25,27,29-32,35,38-41,44,47-56H2,1-3H3/b11-8+,20-17+,28-26+,36-33+,37-34+,45-42+,46-43+. The van der Waals surface area contributed by atoms with Crippen LogP contribution in [0.3, 0.4) is 0 Å². The first kappa shape index (κ1) is 62.6. The molecule has 0 aromatic carbocycles. The van der Waals surface area contributed by atoms with Crippen LogP contribution in [0.25, 0.3) is 0 Å². The van der Waals surface area contributed by atoms with E-state index in [2.05, 4.69) is 99.8 Å². The van der Waals surface area contributed by atoms with Gasteiger partial charge in [-0.2, -0.15) is 0 Å². The summed E-state index contributed by atoms with van der Waals surface area (Å²) >= 11 is 0. The molecule has 6 heteroatoms. The molecule has 0 rings (SSSR count). The lowest BCUT2D eigenvalue weighted by molar-refractivity contribution is -0.166. The molecule has 0 saturated carbocycles. The van der Waals surface area contributed by atoms with Crippen LogP contribution in [0.15, 0.2) is 85.1 Å². The molecular formula is C60H102O6. The van der Waals surface area contributed by atoms with Gasteiger partial charge in [-0.05, 0) is 77.0 Å². The van der Waals surface area contributed by atoms with Crippen molar-refractivity contribution in [3.63, 3.8) is 0 Å². The molecule has 6 nitrogen and oxygen atoms in total. The fourth-order valence-corrected chi connectivity index (χ4v) is 7.53. The number of rotatable bonds is 49. The first-order valence-electron chi connectivity index (χ1n) is 27.6. The summed E-state index contributed by atoms with van der Waals surface area (Å²) in [7, 11) is 0. The number of ether oxygens (including phenoxy) is 3. The molecule has 0 bridgehead atoms. The van der Waals surface area contributed by atoms with Crippen LogP contribution in [0, 0.1) is 0 Å². The van der Waals surface area contributed by atoms with Gasteiger partial charge >= 0.3 is 17.9 Å². The van der Waals surface area contributed by atoms with Crippen LogP contribution in [0.5, 0.6) is 0 Å². The Bertz CT molecular complexity index is 1290. The van der Waals surface area contributed by atoms with Crippen molar-refractivity contribution in [3.05, 3.63) is 85.1 Å². The van der Waals surface area contributed by atoms with Crippen LogP contribution in [0.4, 0.5) is 0 Å². The zero-order valence-electron chi connectivity index (χ0n) is 43.2. The van der Waals surface area contributed by atoms with Crippen molar-refractivity contribution in [1.82, 2.24) is 0 Å². The van der Waals surface area contributed by atoms with Crippen molar-refractivity contribution in [2.75, 3.05) is 13.2 Å². The van der Waals surface area contributed by atoms with Crippen LogP contribution in [-0.4, -0.2) is 37.2 Å². The van der Waals surface area contributed by atoms with E-state index in [1.807, 2.05) is 6.08 Å². The summed E-state index contributed by atoms with van der Waals surface area (Å²) in [6, 6.07) is 0. The average Bonchev–Trinajstić information content (AvgIpc) is 3.31. The third-order valence-corrected chi connectivity index (χ3v) is 11.6. The first-order valence-corrected chi connectivity index (χ1v) is 27.6. The summed E-state index contributed by atoms with van der Waals surface area (Å²) in [5.41, 5.74) is 0. The smallest absolute Gasteiger partial charge is 0.306 e. The van der Waals surface area contributed by atoms with E-state index in [1.165, 1.54) is 135 Å². The number of carbonyl (C=O) groups excluding carboxylic acids is 3. The Morgan fingerprint density at radius 2 is 0.636 bits per heavy atom. The molecule has 0 fully saturated rings. The summed E-state index contributed by atoms with van der Waals surface area (Å²) in [5.74, 6) is -1.04. The minimum absolute atomic E-state index is 0.114. The molecule has 0 radical (unpaired) electrons. The van der Waals surface area contributed by atoms with Gasteiger partial charge in [-0.25, -0.2) is 0 Å². The minimum Gasteiger partial charge on any atom is -0.462 e. The molecule has 0 amide bonds. The Balaban J connectivity index is 4.49. The van der Waals surface area contributed by atoms with E-state index in [-0.39, 0.29) is 44.0 Å². The third-order valence-electron chi connectivity index (χ3n) is 11.6. The van der Waals surface area contributed by atoms with Crippen molar-refractivity contribution < 1.29 is 28.6 Å². The Morgan fingerprint density at radius 3 is 1.06 bits per heavy atom. The van der Waals surface area contributed by atoms with Crippen LogP contribution in [-0.2, 0) is 28.6 Å². The number of unbranched alkanes of at least 4 members (excludes halogenated alkanes) is 24. The summed E-state index contributed by atoms with van der Waals surface area (Å²) in [4.78, 5) is 38.0. The fourth-order valence-electron chi connectivity index (χ4n) is 7.53. The van der Waals surface area contributed by atoms with Crippen molar-refractivity contribution in [1.29, 1.82) is 0 Å². The van der Waals surface area contributed by atoms with Gasteiger partial charge in [0.25, 0.3) is 0 Å². The van der Waals surface area contributed by atoms with Gasteiger partial charge in [-0.15, -0.1) is 0 Å². The maximum atomic E-state index is 12.8. The van der Waals surface area contributed by atoms with Crippen molar-refractivity contribution in [3.8, 4) is 0 Å². The minimum atomic E-state index is -0.827. The molecule has 0 spiro atoms. The predicted octanol–water partition coefficient (Wildman–Crippen LogP) is 18.4. The lowest BCUT2D eigenvalue weighted by atomic mass is 10.0. The molecule has 0 aliphatic carbocycles. The van der Waals surface area contributed by atoms with E-state index >= 15 is 0 Å². The second-order valence-corrected chi connectivity index (χ2v) is 18.1. The number of allylic oxidation sites excluding steroid dienone is 14. The van der Waals surface area contributed by atoms with Gasteiger partial charge < -0.3 is 14.2 Å². The van der Waals surface area contributed by atoms with Crippen molar-refractivity contribution in [2.45, 2.75) is 264 Å². The highest BCUT2D eigenvalue weighted by atomic mass is 16.6. The molecular weight excluding hydrogens is 817 g/mol. The second kappa shape index (κ2) is 54.2. The summed E-state index contributed by atoms with van der Waals surface area (Å²) < 4.78 is 16.7. The highest BCUT2D eigenvalue weighted by Gasteiger charge is 2.19. The van der Waals surface area contributed by atoms with Crippen LogP contribution >= 0.6 is 0 Å². The zero-order valence-corrected chi connectivity index (χ0v) is 43.2. The molecule has 66 heavy (non-hydrogen) atoms. The maximum absolute atomic E-state index is 12.8.